The highest BCUT2D eigenvalue weighted by molar-refractivity contribution is 7.99. The number of rotatable bonds is 3. The molecule has 1 heterocycles. The summed E-state index contributed by atoms with van der Waals surface area (Å²) < 4.78 is 0. The molecule has 0 spiro atoms. The highest BCUT2D eigenvalue weighted by atomic mass is 32.2. The summed E-state index contributed by atoms with van der Waals surface area (Å²) in [5.41, 5.74) is 0.931. The van der Waals surface area contributed by atoms with Crippen LogP contribution < -0.4 is 0 Å². The predicted molar refractivity (Wildman–Crippen MR) is 63.0 cm³/mol. The number of carbonyl (C=O) groups is 1. The van der Waals surface area contributed by atoms with Gasteiger partial charge in [0.25, 0.3) is 0 Å². The van der Waals surface area contributed by atoms with Crippen molar-refractivity contribution < 1.29 is 15.0 Å². The summed E-state index contributed by atoms with van der Waals surface area (Å²) in [5.74, 6) is 0.187. The lowest BCUT2D eigenvalue weighted by atomic mass is 9.91. The number of phenolic OH excluding ortho intramolecular Hbond substituents is 1. The van der Waals surface area contributed by atoms with Gasteiger partial charge in [0.05, 0.1) is 5.92 Å². The number of benzene rings is 1. The van der Waals surface area contributed by atoms with Crippen molar-refractivity contribution in [2.24, 2.45) is 5.92 Å². The Morgan fingerprint density at radius 1 is 1.62 bits per heavy atom. The topological polar surface area (TPSA) is 57.5 Å². The molecule has 0 radical (unpaired) electrons. The number of fused-ring (bicyclic) bond motifs is 1. The van der Waals surface area contributed by atoms with Crippen LogP contribution in [0.25, 0.3) is 0 Å². The molecule has 1 aromatic carbocycles. The molecule has 2 unspecified atom stereocenters. The molecule has 0 saturated carbocycles. The maximum absolute atomic E-state index is 10.8. The minimum Gasteiger partial charge on any atom is -0.508 e. The third-order valence-corrected chi connectivity index (χ3v) is 4.19. The molecular formula is C12H14O3S. The van der Waals surface area contributed by atoms with E-state index in [0.717, 1.165) is 16.2 Å². The van der Waals surface area contributed by atoms with Crippen LogP contribution in [0, 0.1) is 5.92 Å². The van der Waals surface area contributed by atoms with Gasteiger partial charge in [-0.2, -0.15) is 0 Å². The molecule has 0 amide bonds. The van der Waals surface area contributed by atoms with E-state index >= 15 is 0 Å². The number of carboxylic acid groups (broad SMARTS) is 1. The first kappa shape index (κ1) is 11.3. The van der Waals surface area contributed by atoms with Crippen LogP contribution in [0.5, 0.6) is 5.75 Å². The second-order valence-corrected chi connectivity index (χ2v) is 5.23. The average Bonchev–Trinajstić information content (AvgIpc) is 2.63. The first-order valence-electron chi connectivity index (χ1n) is 5.27. The Hall–Kier alpha value is -1.16. The molecule has 2 N–H and O–H groups in total. The summed E-state index contributed by atoms with van der Waals surface area (Å²) in [4.78, 5) is 11.9. The van der Waals surface area contributed by atoms with Crippen LogP contribution >= 0.6 is 11.8 Å². The van der Waals surface area contributed by atoms with E-state index in [0.29, 0.717) is 12.2 Å². The second kappa shape index (κ2) is 4.37. The smallest absolute Gasteiger partial charge is 0.306 e. The van der Waals surface area contributed by atoms with Crippen LogP contribution in [0.3, 0.4) is 0 Å². The molecule has 0 saturated heterocycles. The lowest BCUT2D eigenvalue weighted by Crippen LogP contribution is -2.13. The van der Waals surface area contributed by atoms with Crippen LogP contribution in [-0.4, -0.2) is 21.9 Å². The van der Waals surface area contributed by atoms with E-state index in [4.69, 9.17) is 5.11 Å². The average molecular weight is 238 g/mol. The molecule has 1 aliphatic heterocycles. The van der Waals surface area contributed by atoms with Crippen molar-refractivity contribution in [2.45, 2.75) is 24.2 Å². The lowest BCUT2D eigenvalue weighted by Gasteiger charge is -2.14. The third kappa shape index (κ3) is 2.02. The zero-order valence-electron chi connectivity index (χ0n) is 9.01. The van der Waals surface area contributed by atoms with Crippen LogP contribution in [-0.2, 0) is 4.79 Å². The Kier molecular flexibility index (Phi) is 3.10. The lowest BCUT2D eigenvalue weighted by molar-refractivity contribution is -0.141. The Labute approximate surface area is 98.5 Å². The van der Waals surface area contributed by atoms with Crippen LogP contribution in [0.4, 0.5) is 0 Å². The van der Waals surface area contributed by atoms with E-state index in [1.165, 1.54) is 0 Å². The normalized spacial score (nSPS) is 20.4. The zero-order valence-corrected chi connectivity index (χ0v) is 9.83. The molecular weight excluding hydrogens is 224 g/mol. The maximum atomic E-state index is 10.8. The van der Waals surface area contributed by atoms with Gasteiger partial charge in [-0.25, -0.2) is 0 Å². The molecule has 3 nitrogen and oxygen atoms in total. The number of aromatic hydroxyl groups is 1. The number of aliphatic carboxylic acids is 1. The number of carboxylic acids is 1. The second-order valence-electron chi connectivity index (χ2n) is 4.17. The quantitative estimate of drug-likeness (QED) is 0.850. The summed E-state index contributed by atoms with van der Waals surface area (Å²) in [5, 5.41) is 18.7. The van der Waals surface area contributed by atoms with Crippen molar-refractivity contribution in [2.75, 3.05) is 5.75 Å². The minimum absolute atomic E-state index is 0.160. The molecule has 86 valence electrons. The standard InChI is InChI=1S/C12H14O3S/c1-7(12(14)15)5-8-6-16-10-4-2-3-9(13)11(8)10/h2-4,7-8,13H,5-6H2,1H3,(H,14,15). The molecule has 0 bridgehead atoms. The summed E-state index contributed by atoms with van der Waals surface area (Å²) in [6.07, 6.45) is 0.590. The van der Waals surface area contributed by atoms with Gasteiger partial charge in [0.15, 0.2) is 0 Å². The molecule has 4 heteroatoms. The summed E-state index contributed by atoms with van der Waals surface area (Å²) >= 11 is 1.69. The van der Waals surface area contributed by atoms with E-state index in [-0.39, 0.29) is 11.8 Å². The van der Waals surface area contributed by atoms with Crippen molar-refractivity contribution in [3.8, 4) is 5.75 Å². The van der Waals surface area contributed by atoms with Gasteiger partial charge in [0.2, 0.25) is 0 Å². The molecule has 16 heavy (non-hydrogen) atoms. The molecule has 0 aromatic heterocycles. The third-order valence-electron chi connectivity index (χ3n) is 2.95. The number of thioether (sulfide) groups is 1. The molecule has 0 aliphatic carbocycles. The van der Waals surface area contributed by atoms with Gasteiger partial charge in [-0.15, -0.1) is 11.8 Å². The van der Waals surface area contributed by atoms with Gasteiger partial charge >= 0.3 is 5.97 Å². The highest BCUT2D eigenvalue weighted by Gasteiger charge is 2.29. The van der Waals surface area contributed by atoms with Gasteiger partial charge in [-0.3, -0.25) is 4.79 Å². The van der Waals surface area contributed by atoms with Gasteiger partial charge in [0.1, 0.15) is 5.75 Å². The summed E-state index contributed by atoms with van der Waals surface area (Å²) in [6.45, 7) is 1.71. The van der Waals surface area contributed by atoms with E-state index in [2.05, 4.69) is 0 Å². The number of phenols is 1. The fourth-order valence-electron chi connectivity index (χ4n) is 2.06. The Balaban J connectivity index is 2.20. The van der Waals surface area contributed by atoms with Gasteiger partial charge in [-0.1, -0.05) is 13.0 Å². The van der Waals surface area contributed by atoms with Crippen molar-refractivity contribution in [1.82, 2.24) is 0 Å². The van der Waals surface area contributed by atoms with Crippen LogP contribution in [0.15, 0.2) is 23.1 Å². The van der Waals surface area contributed by atoms with E-state index in [9.17, 15) is 9.90 Å². The minimum atomic E-state index is -0.770. The first-order chi connectivity index (χ1) is 7.59. The fraction of sp³-hybridized carbons (Fsp3) is 0.417. The van der Waals surface area contributed by atoms with Crippen molar-refractivity contribution in [1.29, 1.82) is 0 Å². The van der Waals surface area contributed by atoms with Crippen molar-refractivity contribution >= 4 is 17.7 Å². The largest absolute Gasteiger partial charge is 0.508 e. The monoisotopic (exact) mass is 238 g/mol. The molecule has 2 atom stereocenters. The van der Waals surface area contributed by atoms with E-state index in [1.54, 1.807) is 24.8 Å². The number of hydrogen-bond acceptors (Lipinski definition) is 3. The summed E-state index contributed by atoms with van der Waals surface area (Å²) in [7, 11) is 0. The van der Waals surface area contributed by atoms with Crippen molar-refractivity contribution in [3.63, 3.8) is 0 Å². The van der Waals surface area contributed by atoms with Crippen LogP contribution in [0.2, 0.25) is 0 Å². The maximum Gasteiger partial charge on any atom is 0.306 e. The molecule has 2 rings (SSSR count). The summed E-state index contributed by atoms with van der Waals surface area (Å²) in [6, 6.07) is 5.47. The Morgan fingerprint density at radius 2 is 2.38 bits per heavy atom. The predicted octanol–water partition coefficient (Wildman–Crippen LogP) is 2.69. The fourth-order valence-corrected chi connectivity index (χ4v) is 3.34. The highest BCUT2D eigenvalue weighted by Crippen LogP contribution is 2.46. The number of hydrogen-bond donors (Lipinski definition) is 2. The Morgan fingerprint density at radius 3 is 3.06 bits per heavy atom. The molecule has 1 aliphatic rings. The molecule has 1 aromatic rings. The van der Waals surface area contributed by atoms with Gasteiger partial charge in [-0.05, 0) is 24.5 Å². The SMILES string of the molecule is CC(CC1CSc2cccc(O)c21)C(=O)O. The molecule has 0 fully saturated rings. The van der Waals surface area contributed by atoms with Gasteiger partial charge in [0, 0.05) is 16.2 Å². The zero-order chi connectivity index (χ0) is 11.7. The van der Waals surface area contributed by atoms with E-state index in [1.807, 2.05) is 12.1 Å². The van der Waals surface area contributed by atoms with Crippen LogP contribution in [0.1, 0.15) is 24.8 Å². The van der Waals surface area contributed by atoms with Crippen molar-refractivity contribution in [3.05, 3.63) is 23.8 Å². The van der Waals surface area contributed by atoms with Gasteiger partial charge < -0.3 is 10.2 Å². The van der Waals surface area contributed by atoms with E-state index < -0.39 is 5.97 Å². The Bertz CT molecular complexity index is 417. The first-order valence-corrected chi connectivity index (χ1v) is 6.25.